The monoisotopic (exact) mass is 152 g/mol. The molecule has 1 rings (SSSR count). The lowest BCUT2D eigenvalue weighted by Crippen LogP contribution is -2.26. The van der Waals surface area contributed by atoms with E-state index in [1.54, 1.807) is 12.4 Å². The fraction of sp³-hybridized carbons (Fsp3) is 0.571. The molecule has 60 valence electrons. The largest absolute Gasteiger partial charge is 0.360 e. The summed E-state index contributed by atoms with van der Waals surface area (Å²) in [5.41, 5.74) is 0. The lowest BCUT2D eigenvalue weighted by molar-refractivity contribution is 0.512. The molecule has 11 heavy (non-hydrogen) atoms. The Bertz CT molecular complexity index is 204. The van der Waals surface area contributed by atoms with Gasteiger partial charge in [-0.3, -0.25) is 4.99 Å². The average molecular weight is 152 g/mol. The topological polar surface area (TPSA) is 40.3 Å². The molecule has 0 atom stereocenters. The van der Waals surface area contributed by atoms with Gasteiger partial charge in [0, 0.05) is 19.8 Å². The van der Waals surface area contributed by atoms with Crippen LogP contribution in [0.15, 0.2) is 15.2 Å². The van der Waals surface area contributed by atoms with Gasteiger partial charge in [0.25, 0.3) is 0 Å². The lowest BCUT2D eigenvalue weighted by Gasteiger charge is -2.15. The van der Waals surface area contributed by atoms with Crippen molar-refractivity contribution >= 4 is 18.3 Å². The lowest BCUT2D eigenvalue weighted by atomic mass is 10.5. The first-order valence-corrected chi connectivity index (χ1v) is 3.58. The highest BCUT2D eigenvalue weighted by atomic mass is 15.3. The second-order valence-corrected chi connectivity index (χ2v) is 2.39. The van der Waals surface area contributed by atoms with E-state index in [-0.39, 0.29) is 0 Å². The van der Waals surface area contributed by atoms with Gasteiger partial charge >= 0.3 is 0 Å². The predicted molar refractivity (Wildman–Crippen MR) is 47.6 cm³/mol. The van der Waals surface area contributed by atoms with Gasteiger partial charge in [-0.1, -0.05) is 0 Å². The first kappa shape index (κ1) is 7.91. The number of likely N-dealkylation sites (N-methyl/N-ethyl adjacent to an activating group) is 1. The molecule has 0 N–H and O–H groups in total. The first-order valence-electron chi connectivity index (χ1n) is 3.58. The molecule has 0 saturated heterocycles. The molecular weight excluding hydrogens is 140 g/mol. The Morgan fingerprint density at radius 2 is 2.27 bits per heavy atom. The van der Waals surface area contributed by atoms with Gasteiger partial charge in [0.15, 0.2) is 0 Å². The van der Waals surface area contributed by atoms with Gasteiger partial charge < -0.3 is 4.90 Å². The van der Waals surface area contributed by atoms with Gasteiger partial charge in [0.05, 0.1) is 12.8 Å². The van der Waals surface area contributed by atoms with E-state index in [1.165, 1.54) is 0 Å². The Morgan fingerprint density at radius 3 is 3.09 bits per heavy atom. The zero-order chi connectivity index (χ0) is 8.10. The number of nitrogens with zero attached hydrogens (tertiary/aromatic N) is 4. The van der Waals surface area contributed by atoms with Crippen LogP contribution in [0.1, 0.15) is 6.92 Å². The molecule has 0 radical (unpaired) electrons. The molecule has 1 heterocycles. The Labute approximate surface area is 66.3 Å². The van der Waals surface area contributed by atoms with E-state index < -0.39 is 0 Å². The average Bonchev–Trinajstić information content (AvgIpc) is 2.07. The molecule has 0 spiro atoms. The van der Waals surface area contributed by atoms with Crippen molar-refractivity contribution in [1.29, 1.82) is 0 Å². The zero-order valence-electron chi connectivity index (χ0n) is 6.86. The number of aliphatic imine (C=N–C) groups is 1. The third kappa shape index (κ3) is 2.49. The molecule has 0 unspecified atom stereocenters. The second-order valence-electron chi connectivity index (χ2n) is 2.39. The molecule has 0 aromatic rings. The summed E-state index contributed by atoms with van der Waals surface area (Å²) in [5.74, 6) is 0.923. The fourth-order valence-electron chi connectivity index (χ4n) is 0.714. The number of rotatable bonds is 0. The van der Waals surface area contributed by atoms with E-state index >= 15 is 0 Å². The van der Waals surface area contributed by atoms with E-state index in [1.807, 2.05) is 18.9 Å². The summed E-state index contributed by atoms with van der Waals surface area (Å²) < 4.78 is 0. The van der Waals surface area contributed by atoms with E-state index in [0.29, 0.717) is 0 Å². The molecule has 4 nitrogen and oxygen atoms in total. The van der Waals surface area contributed by atoms with Crippen LogP contribution < -0.4 is 0 Å². The van der Waals surface area contributed by atoms with Crippen molar-refractivity contribution in [1.82, 2.24) is 4.90 Å². The minimum atomic E-state index is 0.801. The van der Waals surface area contributed by atoms with Crippen molar-refractivity contribution in [3.8, 4) is 0 Å². The molecule has 0 amide bonds. The summed E-state index contributed by atoms with van der Waals surface area (Å²) >= 11 is 0. The smallest absolute Gasteiger partial charge is 0.124 e. The van der Waals surface area contributed by atoms with Crippen LogP contribution in [0.3, 0.4) is 0 Å². The minimum absolute atomic E-state index is 0.801. The number of hydrogen-bond acceptors (Lipinski definition) is 4. The Hall–Kier alpha value is -1.19. The third-order valence-corrected chi connectivity index (χ3v) is 1.56. The molecule has 0 aromatic heterocycles. The summed E-state index contributed by atoms with van der Waals surface area (Å²) in [4.78, 5) is 6.11. The van der Waals surface area contributed by atoms with Crippen LogP contribution in [0, 0.1) is 0 Å². The standard InChI is InChI=1S/C7H12N4/c1-7-10-9-4-3-8-5-6-11(7)2/h3-4H,5-6H2,1-2H3/b8-3+,9-4-,10-7+. The molecule has 1 aliphatic heterocycles. The maximum atomic E-state index is 4.09. The summed E-state index contributed by atoms with van der Waals surface area (Å²) in [5, 5.41) is 7.74. The van der Waals surface area contributed by atoms with Crippen LogP contribution in [-0.2, 0) is 0 Å². The highest BCUT2D eigenvalue weighted by Gasteiger charge is 1.98. The minimum Gasteiger partial charge on any atom is -0.360 e. The SMILES string of the molecule is C\C1=N/N=C\C=N\CCN1C. The highest BCUT2D eigenvalue weighted by Crippen LogP contribution is 1.89. The molecular formula is C7H12N4. The first-order chi connectivity index (χ1) is 5.30. The summed E-state index contributed by atoms with van der Waals surface area (Å²) in [7, 11) is 1.98. The van der Waals surface area contributed by atoms with Gasteiger partial charge in [-0.25, -0.2) is 0 Å². The summed E-state index contributed by atoms with van der Waals surface area (Å²) in [6, 6.07) is 0. The van der Waals surface area contributed by atoms with E-state index in [4.69, 9.17) is 0 Å². The molecule has 0 aliphatic carbocycles. The maximum Gasteiger partial charge on any atom is 0.124 e. The molecule has 0 saturated carbocycles. The molecule has 1 aliphatic rings. The molecule has 0 aromatic carbocycles. The maximum absolute atomic E-state index is 4.09. The van der Waals surface area contributed by atoms with Crippen LogP contribution in [0.25, 0.3) is 0 Å². The van der Waals surface area contributed by atoms with E-state index in [0.717, 1.165) is 18.9 Å². The zero-order valence-corrected chi connectivity index (χ0v) is 6.86. The molecule has 0 fully saturated rings. The van der Waals surface area contributed by atoms with Crippen molar-refractivity contribution in [2.75, 3.05) is 20.1 Å². The Kier molecular flexibility index (Phi) is 2.77. The predicted octanol–water partition coefficient (Wildman–Crippen LogP) is 0.407. The Morgan fingerprint density at radius 1 is 1.45 bits per heavy atom. The molecule has 0 bridgehead atoms. The van der Waals surface area contributed by atoms with Crippen LogP contribution in [-0.4, -0.2) is 43.3 Å². The van der Waals surface area contributed by atoms with Crippen LogP contribution >= 0.6 is 0 Å². The number of amidine groups is 1. The van der Waals surface area contributed by atoms with Gasteiger partial charge in [-0.05, 0) is 6.92 Å². The third-order valence-electron chi connectivity index (χ3n) is 1.56. The van der Waals surface area contributed by atoms with Gasteiger partial charge in [-0.2, -0.15) is 5.10 Å². The fourth-order valence-corrected chi connectivity index (χ4v) is 0.714. The van der Waals surface area contributed by atoms with Crippen LogP contribution in [0.4, 0.5) is 0 Å². The summed E-state index contributed by atoms with van der Waals surface area (Å²) in [6.07, 6.45) is 3.28. The molecule has 4 heteroatoms. The number of hydrogen-bond donors (Lipinski definition) is 0. The van der Waals surface area contributed by atoms with Crippen molar-refractivity contribution in [2.24, 2.45) is 15.2 Å². The normalized spacial score (nSPS) is 29.3. The van der Waals surface area contributed by atoms with Crippen molar-refractivity contribution < 1.29 is 0 Å². The van der Waals surface area contributed by atoms with Crippen molar-refractivity contribution in [2.45, 2.75) is 6.92 Å². The highest BCUT2D eigenvalue weighted by molar-refractivity contribution is 6.16. The van der Waals surface area contributed by atoms with E-state index in [9.17, 15) is 0 Å². The quantitative estimate of drug-likeness (QED) is 0.495. The van der Waals surface area contributed by atoms with Crippen LogP contribution in [0.5, 0.6) is 0 Å². The van der Waals surface area contributed by atoms with Gasteiger partial charge in [0.2, 0.25) is 0 Å². The second kappa shape index (κ2) is 3.85. The van der Waals surface area contributed by atoms with Crippen molar-refractivity contribution in [3.05, 3.63) is 0 Å². The Balaban J connectivity index is 2.69. The van der Waals surface area contributed by atoms with Gasteiger partial charge in [0.1, 0.15) is 5.84 Å². The van der Waals surface area contributed by atoms with E-state index in [2.05, 4.69) is 15.2 Å². The van der Waals surface area contributed by atoms with Crippen molar-refractivity contribution in [3.63, 3.8) is 0 Å². The van der Waals surface area contributed by atoms with Gasteiger partial charge in [-0.15, -0.1) is 5.10 Å². The van der Waals surface area contributed by atoms with Crippen LogP contribution in [0.2, 0.25) is 0 Å². The summed E-state index contributed by atoms with van der Waals surface area (Å²) in [6.45, 7) is 3.63.